The zero-order chi connectivity index (χ0) is 29.9. The Labute approximate surface area is 242 Å². The van der Waals surface area contributed by atoms with Crippen molar-refractivity contribution in [2.45, 2.75) is 77.8 Å². The summed E-state index contributed by atoms with van der Waals surface area (Å²) in [6.07, 6.45) is 2.94. The standard InChI is InChI=1S/C31H40N4O5S/c1-6-9-28(36)34(29(20(2)3)30(32)37)18-23-14-16-25(17-15-23)26-10-7-8-11-27(26)41(38,39)35(19-24-12-13-24)31-21(4)22(5)33-40-31/h7-8,10-11,14-17,20,24,29H,6,9,12-13,18-19H2,1-5H3,(H2,32,37)/t29-/m0/s1. The number of anilines is 1. The molecule has 9 nitrogen and oxygen atoms in total. The Bertz CT molecular complexity index is 1490. The second-order valence-electron chi connectivity index (χ2n) is 11.2. The third kappa shape index (κ3) is 6.64. The topological polar surface area (TPSA) is 127 Å². The number of nitrogens with zero attached hydrogens (tertiary/aromatic N) is 3. The van der Waals surface area contributed by atoms with Gasteiger partial charge in [0.05, 0.1) is 10.6 Å². The number of carbonyl (C=O) groups is 2. The molecule has 2 amide bonds. The molecule has 10 heteroatoms. The zero-order valence-electron chi connectivity index (χ0n) is 24.5. The Morgan fingerprint density at radius 1 is 1.07 bits per heavy atom. The molecule has 3 aromatic rings. The van der Waals surface area contributed by atoms with Crippen molar-refractivity contribution in [2.24, 2.45) is 17.6 Å². The van der Waals surface area contributed by atoms with Gasteiger partial charge in [-0.3, -0.25) is 9.59 Å². The van der Waals surface area contributed by atoms with Crippen LogP contribution in [0.4, 0.5) is 5.88 Å². The number of hydrogen-bond donors (Lipinski definition) is 1. The Kier molecular flexibility index (Phi) is 9.21. The highest BCUT2D eigenvalue weighted by molar-refractivity contribution is 7.93. The molecule has 1 aliphatic carbocycles. The van der Waals surface area contributed by atoms with Gasteiger partial charge in [0.1, 0.15) is 6.04 Å². The maximum absolute atomic E-state index is 14.2. The van der Waals surface area contributed by atoms with Crippen LogP contribution >= 0.6 is 0 Å². The predicted octanol–water partition coefficient (Wildman–Crippen LogP) is 5.20. The maximum Gasteiger partial charge on any atom is 0.267 e. The number of rotatable bonds is 13. The Morgan fingerprint density at radius 3 is 2.27 bits per heavy atom. The second-order valence-corrected chi connectivity index (χ2v) is 13.1. The number of amides is 2. The molecule has 220 valence electrons. The molecule has 0 aliphatic heterocycles. The Balaban J connectivity index is 1.68. The predicted molar refractivity (Wildman–Crippen MR) is 158 cm³/mol. The largest absolute Gasteiger partial charge is 0.368 e. The Hall–Kier alpha value is -3.66. The molecule has 0 bridgehead atoms. The van der Waals surface area contributed by atoms with Crippen LogP contribution in [0.1, 0.15) is 63.3 Å². The van der Waals surface area contributed by atoms with Gasteiger partial charge in [0.2, 0.25) is 17.7 Å². The lowest BCUT2D eigenvalue weighted by atomic mass is 9.99. The summed E-state index contributed by atoms with van der Waals surface area (Å²) < 4.78 is 35.2. The maximum atomic E-state index is 14.2. The van der Waals surface area contributed by atoms with E-state index in [4.69, 9.17) is 10.3 Å². The summed E-state index contributed by atoms with van der Waals surface area (Å²) in [6.45, 7) is 9.84. The van der Waals surface area contributed by atoms with E-state index in [-0.39, 0.29) is 35.1 Å². The second kappa shape index (κ2) is 12.5. The average molecular weight is 581 g/mol. The first-order valence-electron chi connectivity index (χ1n) is 14.2. The number of sulfonamides is 1. The van der Waals surface area contributed by atoms with Gasteiger partial charge in [0.25, 0.3) is 10.0 Å². The summed E-state index contributed by atoms with van der Waals surface area (Å²) >= 11 is 0. The molecule has 4 rings (SSSR count). The molecule has 1 saturated carbocycles. The van der Waals surface area contributed by atoms with Crippen molar-refractivity contribution < 1.29 is 22.5 Å². The first-order chi connectivity index (χ1) is 19.4. The van der Waals surface area contributed by atoms with Crippen LogP contribution in [-0.4, -0.2) is 42.9 Å². The third-order valence-corrected chi connectivity index (χ3v) is 9.40. The minimum absolute atomic E-state index is 0.126. The first kappa shape index (κ1) is 30.3. The molecule has 0 spiro atoms. The summed E-state index contributed by atoms with van der Waals surface area (Å²) in [7, 11) is -3.98. The van der Waals surface area contributed by atoms with E-state index < -0.39 is 22.0 Å². The summed E-state index contributed by atoms with van der Waals surface area (Å²) in [4.78, 5) is 27.0. The fourth-order valence-electron chi connectivity index (χ4n) is 5.04. The normalized spacial score (nSPS) is 14.2. The fourth-order valence-corrected chi connectivity index (χ4v) is 6.78. The molecule has 1 aromatic heterocycles. The van der Waals surface area contributed by atoms with E-state index in [9.17, 15) is 18.0 Å². The van der Waals surface area contributed by atoms with Gasteiger partial charge < -0.3 is 15.2 Å². The zero-order valence-corrected chi connectivity index (χ0v) is 25.3. The van der Waals surface area contributed by atoms with Gasteiger partial charge in [-0.2, -0.15) is 0 Å². The number of primary amides is 1. The lowest BCUT2D eigenvalue weighted by Crippen LogP contribution is -2.50. The fraction of sp³-hybridized carbons (Fsp3) is 0.452. The van der Waals surface area contributed by atoms with Crippen molar-refractivity contribution >= 4 is 27.7 Å². The van der Waals surface area contributed by atoms with Crippen LogP contribution in [0.2, 0.25) is 0 Å². The van der Waals surface area contributed by atoms with Crippen LogP contribution in [0.5, 0.6) is 0 Å². The highest BCUT2D eigenvalue weighted by atomic mass is 32.2. The highest BCUT2D eigenvalue weighted by Crippen LogP contribution is 2.38. The number of aromatic nitrogens is 1. The van der Waals surface area contributed by atoms with E-state index in [0.29, 0.717) is 41.8 Å². The van der Waals surface area contributed by atoms with E-state index in [1.54, 1.807) is 30.0 Å². The molecule has 0 saturated heterocycles. The monoisotopic (exact) mass is 580 g/mol. The molecule has 1 aliphatic rings. The van der Waals surface area contributed by atoms with E-state index in [0.717, 1.165) is 18.4 Å². The minimum Gasteiger partial charge on any atom is -0.368 e. The van der Waals surface area contributed by atoms with E-state index >= 15 is 0 Å². The van der Waals surface area contributed by atoms with Crippen molar-refractivity contribution in [1.82, 2.24) is 10.1 Å². The molecule has 1 fully saturated rings. The van der Waals surface area contributed by atoms with Gasteiger partial charge in [-0.1, -0.05) is 68.4 Å². The quantitative estimate of drug-likeness (QED) is 0.296. The summed E-state index contributed by atoms with van der Waals surface area (Å²) in [5.41, 5.74) is 9.14. The minimum atomic E-state index is -3.98. The molecular formula is C31H40N4O5S. The smallest absolute Gasteiger partial charge is 0.267 e. The molecule has 1 heterocycles. The molecule has 2 N–H and O–H groups in total. The van der Waals surface area contributed by atoms with Crippen molar-refractivity contribution in [3.63, 3.8) is 0 Å². The van der Waals surface area contributed by atoms with Crippen LogP contribution in [-0.2, 0) is 26.2 Å². The molecule has 0 unspecified atom stereocenters. The number of aryl methyl sites for hydroxylation is 1. The van der Waals surface area contributed by atoms with Crippen molar-refractivity contribution in [3.8, 4) is 11.1 Å². The van der Waals surface area contributed by atoms with E-state index in [1.807, 2.05) is 58.0 Å². The molecule has 2 aromatic carbocycles. The molecule has 41 heavy (non-hydrogen) atoms. The van der Waals surface area contributed by atoms with Crippen LogP contribution in [0.25, 0.3) is 11.1 Å². The molecule has 1 atom stereocenters. The van der Waals surface area contributed by atoms with E-state index in [2.05, 4.69) is 5.16 Å². The van der Waals surface area contributed by atoms with Crippen molar-refractivity contribution in [3.05, 3.63) is 65.4 Å². The number of nitrogens with two attached hydrogens (primary N) is 1. The SMILES string of the molecule is CCCC(=O)N(Cc1ccc(-c2ccccc2S(=O)(=O)N(CC2CC2)c2onc(C)c2C)cc1)[C@H](C(N)=O)C(C)C. The highest BCUT2D eigenvalue weighted by Gasteiger charge is 2.36. The van der Waals surface area contributed by atoms with Crippen LogP contribution in [0, 0.1) is 25.7 Å². The van der Waals surface area contributed by atoms with Crippen molar-refractivity contribution in [2.75, 3.05) is 10.8 Å². The number of hydrogen-bond acceptors (Lipinski definition) is 6. The first-order valence-corrected chi connectivity index (χ1v) is 15.6. The van der Waals surface area contributed by atoms with Gasteiger partial charge >= 0.3 is 0 Å². The number of benzene rings is 2. The van der Waals surface area contributed by atoms with Gasteiger partial charge in [0, 0.05) is 30.6 Å². The van der Waals surface area contributed by atoms with Gasteiger partial charge in [0.15, 0.2) is 0 Å². The lowest BCUT2D eigenvalue weighted by molar-refractivity contribution is -0.141. The molecule has 0 radical (unpaired) electrons. The average Bonchev–Trinajstić information content (AvgIpc) is 3.70. The van der Waals surface area contributed by atoms with Crippen LogP contribution in [0.15, 0.2) is 57.9 Å². The summed E-state index contributed by atoms with van der Waals surface area (Å²) in [5, 5.41) is 4.01. The van der Waals surface area contributed by atoms with Gasteiger partial charge in [-0.05, 0) is 62.1 Å². The van der Waals surface area contributed by atoms with Crippen molar-refractivity contribution in [1.29, 1.82) is 0 Å². The molecular weight excluding hydrogens is 540 g/mol. The van der Waals surface area contributed by atoms with E-state index in [1.165, 1.54) is 4.31 Å². The number of carbonyl (C=O) groups excluding carboxylic acids is 2. The van der Waals surface area contributed by atoms with Crippen LogP contribution in [0.3, 0.4) is 0 Å². The third-order valence-electron chi connectivity index (χ3n) is 7.60. The summed E-state index contributed by atoms with van der Waals surface area (Å²) in [6, 6.07) is 13.6. The van der Waals surface area contributed by atoms with Gasteiger partial charge in [-0.25, -0.2) is 12.7 Å². The summed E-state index contributed by atoms with van der Waals surface area (Å²) in [5.74, 6) is -0.257. The van der Waals surface area contributed by atoms with Gasteiger partial charge in [-0.15, -0.1) is 0 Å². The Morgan fingerprint density at radius 2 is 1.73 bits per heavy atom. The van der Waals surface area contributed by atoms with Crippen LogP contribution < -0.4 is 10.0 Å². The lowest BCUT2D eigenvalue weighted by Gasteiger charge is -2.32.